The smallest absolute Gasteiger partial charge is 0.549 e. The molecule has 1 heterocycles. The minimum atomic E-state index is -4.95. The van der Waals surface area contributed by atoms with Crippen LogP contribution in [-0.4, -0.2) is 38.5 Å². The molecule has 130 valence electrons. The van der Waals surface area contributed by atoms with E-state index < -0.39 is 49.1 Å². The second kappa shape index (κ2) is 6.82. The summed E-state index contributed by atoms with van der Waals surface area (Å²) in [5, 5.41) is 48.1. The Hall–Kier alpha value is -2.24. The zero-order valence-corrected chi connectivity index (χ0v) is 15.9. The quantitative estimate of drug-likeness (QED) is 0.105. The van der Waals surface area contributed by atoms with Gasteiger partial charge in [0.2, 0.25) is 0 Å². The number of phenols is 4. The van der Waals surface area contributed by atoms with Crippen molar-refractivity contribution >= 4 is 21.1 Å². The molecular weight excluding hydrogens is 379 g/mol. The Morgan fingerprint density at radius 2 is 1.58 bits per heavy atom. The van der Waals surface area contributed by atoms with Gasteiger partial charge in [0.15, 0.2) is 11.5 Å². The Kier molecular flexibility index (Phi) is 5.26. The van der Waals surface area contributed by atoms with Crippen LogP contribution in [0.15, 0.2) is 33.6 Å². The monoisotopic (exact) mass is 389 g/mol. The maximum atomic E-state index is 11.2. The molecule has 0 aliphatic carbocycles. The van der Waals surface area contributed by atoms with Crippen LogP contribution in [-0.2, 0) is 10.1 Å². The first-order chi connectivity index (χ1) is 11.6. The summed E-state index contributed by atoms with van der Waals surface area (Å²) in [5.74, 6) is -3.81. The average molecular weight is 389 g/mol. The van der Waals surface area contributed by atoms with E-state index in [1.165, 1.54) is 6.07 Å². The van der Waals surface area contributed by atoms with Crippen molar-refractivity contribution in [3.8, 4) is 40.1 Å². The van der Waals surface area contributed by atoms with E-state index in [-0.39, 0.29) is 46.5 Å². The largest absolute Gasteiger partial charge is 1.00 e. The molecule has 0 radical (unpaired) electrons. The normalized spacial score (nSPS) is 11.3. The molecular formula is C15H10NaO9S+. The van der Waals surface area contributed by atoms with Crippen molar-refractivity contribution in [1.29, 1.82) is 0 Å². The van der Waals surface area contributed by atoms with Crippen LogP contribution >= 0.6 is 0 Å². The molecule has 6 N–H and O–H groups in total. The number of hydrogen-bond acceptors (Lipinski definition) is 7. The van der Waals surface area contributed by atoms with E-state index in [4.69, 9.17) is 8.97 Å². The third-order valence-electron chi connectivity index (χ3n) is 3.36. The van der Waals surface area contributed by atoms with E-state index in [1.54, 1.807) is 0 Å². The summed E-state index contributed by atoms with van der Waals surface area (Å²) >= 11 is 0. The zero-order chi connectivity index (χ0) is 18.5. The van der Waals surface area contributed by atoms with Crippen LogP contribution in [0.3, 0.4) is 0 Å². The fraction of sp³-hybridized carbons (Fsp3) is 0. The summed E-state index contributed by atoms with van der Waals surface area (Å²) in [4.78, 5) is -1.15. The Morgan fingerprint density at radius 1 is 0.923 bits per heavy atom. The Morgan fingerprint density at radius 3 is 2.15 bits per heavy atom. The van der Waals surface area contributed by atoms with Gasteiger partial charge in [-0.05, 0) is 17.5 Å². The van der Waals surface area contributed by atoms with Gasteiger partial charge in [0.05, 0.1) is 5.75 Å². The average Bonchev–Trinajstić information content (AvgIpc) is 2.49. The molecule has 0 bridgehead atoms. The van der Waals surface area contributed by atoms with Crippen LogP contribution in [0.1, 0.15) is 0 Å². The van der Waals surface area contributed by atoms with Gasteiger partial charge < -0.3 is 25.5 Å². The van der Waals surface area contributed by atoms with Crippen molar-refractivity contribution in [2.24, 2.45) is 0 Å². The number of phenolic OH excluding ortho intramolecular Hbond substituents is 4. The maximum Gasteiger partial charge on any atom is 1.00 e. The molecule has 26 heavy (non-hydrogen) atoms. The number of fused-ring (bicyclic) bond motifs is 1. The Balaban J connectivity index is 0.00000243. The van der Waals surface area contributed by atoms with Gasteiger partial charge in [0.1, 0.15) is 16.4 Å². The molecule has 11 heteroatoms. The third kappa shape index (κ3) is 3.37. The van der Waals surface area contributed by atoms with Gasteiger partial charge in [-0.25, -0.2) is 0 Å². The minimum absolute atomic E-state index is 0. The molecule has 9 nitrogen and oxygen atoms in total. The van der Waals surface area contributed by atoms with E-state index in [1.807, 2.05) is 0 Å². The Bertz CT molecular complexity index is 1130. The molecule has 0 spiro atoms. The first-order valence-electron chi connectivity index (χ1n) is 6.56. The predicted octanol–water partition coefficient (Wildman–Crippen LogP) is -1.04. The van der Waals surface area contributed by atoms with Gasteiger partial charge in [0.25, 0.3) is 15.7 Å². The van der Waals surface area contributed by atoms with Gasteiger partial charge in [-0.1, -0.05) is 12.1 Å². The molecule has 1 aromatic heterocycles. The van der Waals surface area contributed by atoms with Gasteiger partial charge in [-0.15, -0.1) is 0 Å². The first kappa shape index (κ1) is 20.1. The van der Waals surface area contributed by atoms with Crippen LogP contribution in [0.4, 0.5) is 0 Å². The fourth-order valence-corrected chi connectivity index (χ4v) is 2.93. The number of hydrogen-bond donors (Lipinski definition) is 6. The summed E-state index contributed by atoms with van der Waals surface area (Å²) in [6.07, 6.45) is 0. The van der Waals surface area contributed by atoms with Crippen molar-refractivity contribution in [2.75, 3.05) is 0 Å². The maximum absolute atomic E-state index is 11.2. The number of rotatable bonds is 2. The first-order valence-corrected chi connectivity index (χ1v) is 8.00. The van der Waals surface area contributed by atoms with Crippen LogP contribution < -0.4 is 29.6 Å². The van der Waals surface area contributed by atoms with E-state index >= 15 is 0 Å². The summed E-state index contributed by atoms with van der Waals surface area (Å²) in [5.41, 5.74) is -0.133. The van der Waals surface area contributed by atoms with E-state index in [9.17, 15) is 34.0 Å². The van der Waals surface area contributed by atoms with Crippen LogP contribution in [0.5, 0.6) is 28.7 Å². The van der Waals surface area contributed by atoms with Crippen LogP contribution in [0, 0.1) is 6.07 Å². The van der Waals surface area contributed by atoms with Crippen molar-refractivity contribution in [2.45, 2.75) is 4.90 Å². The van der Waals surface area contributed by atoms with Gasteiger partial charge in [0, 0.05) is 11.6 Å². The zero-order valence-electron chi connectivity index (χ0n) is 13.1. The molecule has 0 atom stereocenters. The summed E-state index contributed by atoms with van der Waals surface area (Å²) < 4.78 is 36.9. The van der Waals surface area contributed by atoms with E-state index in [0.717, 1.165) is 18.2 Å². The molecule has 0 fully saturated rings. The molecule has 0 aliphatic heterocycles. The molecule has 0 aliphatic rings. The van der Waals surface area contributed by atoms with Crippen LogP contribution in [0.2, 0.25) is 0 Å². The van der Waals surface area contributed by atoms with Gasteiger partial charge in [-0.3, -0.25) is 8.97 Å². The van der Waals surface area contributed by atoms with Crippen LogP contribution in [0.25, 0.3) is 22.3 Å². The minimum Gasteiger partial charge on any atom is -0.549 e. The topological polar surface area (TPSA) is 167 Å². The SMILES string of the molecule is O=S(=O)(O)c1c(O)cc2[o+]c(-c3ccc(O)c(O)c3)c(O)[c-]c2c1O.[Na+]. The fourth-order valence-electron chi connectivity index (χ4n) is 2.26. The molecule has 3 rings (SSSR count). The second-order valence-electron chi connectivity index (χ2n) is 5.03. The van der Waals surface area contributed by atoms with Gasteiger partial charge in [-0.2, -0.15) is 8.42 Å². The molecule has 0 amide bonds. The second-order valence-corrected chi connectivity index (χ2v) is 6.39. The third-order valence-corrected chi connectivity index (χ3v) is 4.28. The van der Waals surface area contributed by atoms with E-state index in [0.29, 0.717) is 0 Å². The molecule has 0 saturated heterocycles. The predicted molar refractivity (Wildman–Crippen MR) is 83.0 cm³/mol. The van der Waals surface area contributed by atoms with Gasteiger partial charge >= 0.3 is 35.3 Å². The number of benzene rings is 2. The summed E-state index contributed by atoms with van der Waals surface area (Å²) in [6, 6.07) is 6.61. The van der Waals surface area contributed by atoms with Crippen molar-refractivity contribution in [3.05, 3.63) is 30.3 Å². The molecule has 0 unspecified atom stereocenters. The standard InChI is InChI=1S/C15H10O9S.Na/c16-8-2-1-6(3-9(8)17)14-10(18)4-7-12(24-14)5-11(19)15(13(7)20)25(21,22)23;/h1-3,5,16-20H,(H,21,22,23);/q;+1. The van der Waals surface area contributed by atoms with Crippen molar-refractivity contribution in [1.82, 2.24) is 0 Å². The summed E-state index contributed by atoms with van der Waals surface area (Å²) in [6.45, 7) is 0. The molecule has 3 aromatic rings. The number of aromatic hydroxyl groups is 5. The molecule has 2 aromatic carbocycles. The summed E-state index contributed by atoms with van der Waals surface area (Å²) in [7, 11) is -4.95. The molecule has 0 saturated carbocycles. The van der Waals surface area contributed by atoms with Crippen molar-refractivity contribution < 1.29 is 72.5 Å². The van der Waals surface area contributed by atoms with Crippen molar-refractivity contribution in [3.63, 3.8) is 0 Å². The van der Waals surface area contributed by atoms with E-state index in [2.05, 4.69) is 6.07 Å². The Labute approximate surface area is 168 Å².